The number of carbonyl (C=O) groups is 1. The first-order valence-electron chi connectivity index (χ1n) is 7.12. The van der Waals surface area contributed by atoms with Gasteiger partial charge >= 0.3 is 5.97 Å². The zero-order chi connectivity index (χ0) is 15.2. The van der Waals surface area contributed by atoms with Crippen LogP contribution in [-0.4, -0.2) is 34.7 Å². The SMILES string of the molecule is CCCOc1cccc(CN(CC)C(C)(C)C(=O)O)c1. The van der Waals surface area contributed by atoms with Gasteiger partial charge in [-0.15, -0.1) is 0 Å². The van der Waals surface area contributed by atoms with Crippen molar-refractivity contribution in [2.75, 3.05) is 13.2 Å². The fourth-order valence-electron chi connectivity index (χ4n) is 2.01. The van der Waals surface area contributed by atoms with Gasteiger partial charge in [-0.3, -0.25) is 9.69 Å². The summed E-state index contributed by atoms with van der Waals surface area (Å²) in [5.74, 6) is 0.0336. The first-order chi connectivity index (χ1) is 9.41. The fourth-order valence-corrected chi connectivity index (χ4v) is 2.01. The van der Waals surface area contributed by atoms with Crippen LogP contribution in [0.2, 0.25) is 0 Å². The van der Waals surface area contributed by atoms with E-state index in [1.807, 2.05) is 36.1 Å². The third-order valence-corrected chi connectivity index (χ3v) is 3.44. The van der Waals surface area contributed by atoms with Crippen molar-refractivity contribution in [1.82, 2.24) is 4.90 Å². The minimum absolute atomic E-state index is 0.596. The first kappa shape index (κ1) is 16.5. The van der Waals surface area contributed by atoms with Crippen LogP contribution in [0.5, 0.6) is 5.75 Å². The summed E-state index contributed by atoms with van der Waals surface area (Å²) in [6.07, 6.45) is 0.970. The molecule has 0 aliphatic heterocycles. The Morgan fingerprint density at radius 2 is 2.05 bits per heavy atom. The molecule has 0 amide bonds. The normalized spacial score (nSPS) is 11.7. The number of hydrogen-bond donors (Lipinski definition) is 1. The Bertz CT molecular complexity index is 443. The standard InChI is InChI=1S/C16H25NO3/c1-5-10-20-14-9-7-8-13(11-14)12-17(6-2)16(3,4)15(18)19/h7-9,11H,5-6,10,12H2,1-4H3,(H,18,19). The van der Waals surface area contributed by atoms with Gasteiger partial charge in [-0.1, -0.05) is 26.0 Å². The van der Waals surface area contributed by atoms with Gasteiger partial charge in [0.05, 0.1) is 6.61 Å². The van der Waals surface area contributed by atoms with Gasteiger partial charge in [-0.25, -0.2) is 0 Å². The van der Waals surface area contributed by atoms with E-state index in [9.17, 15) is 9.90 Å². The summed E-state index contributed by atoms with van der Waals surface area (Å²) in [5, 5.41) is 9.33. The Morgan fingerprint density at radius 1 is 1.35 bits per heavy atom. The largest absolute Gasteiger partial charge is 0.494 e. The van der Waals surface area contributed by atoms with E-state index < -0.39 is 11.5 Å². The molecule has 1 N–H and O–H groups in total. The molecule has 4 nitrogen and oxygen atoms in total. The Balaban J connectivity index is 2.82. The number of likely N-dealkylation sites (N-methyl/N-ethyl adjacent to an activating group) is 1. The minimum atomic E-state index is -0.880. The lowest BCUT2D eigenvalue weighted by Gasteiger charge is -2.34. The lowest BCUT2D eigenvalue weighted by Crippen LogP contribution is -2.49. The summed E-state index contributed by atoms with van der Waals surface area (Å²) in [4.78, 5) is 13.3. The molecular formula is C16H25NO3. The molecule has 0 heterocycles. The van der Waals surface area contributed by atoms with Crippen molar-refractivity contribution in [3.05, 3.63) is 29.8 Å². The third kappa shape index (κ3) is 4.23. The third-order valence-electron chi connectivity index (χ3n) is 3.44. The maximum absolute atomic E-state index is 11.4. The molecule has 20 heavy (non-hydrogen) atoms. The van der Waals surface area contributed by atoms with Crippen LogP contribution < -0.4 is 4.74 Å². The number of benzene rings is 1. The number of rotatable bonds is 8. The van der Waals surface area contributed by atoms with E-state index >= 15 is 0 Å². The van der Waals surface area contributed by atoms with Crippen LogP contribution in [0.25, 0.3) is 0 Å². The number of carboxylic acid groups (broad SMARTS) is 1. The topological polar surface area (TPSA) is 49.8 Å². The van der Waals surface area contributed by atoms with Gasteiger partial charge < -0.3 is 9.84 Å². The van der Waals surface area contributed by atoms with Crippen molar-refractivity contribution in [3.8, 4) is 5.75 Å². The molecule has 112 valence electrons. The highest BCUT2D eigenvalue weighted by molar-refractivity contribution is 5.77. The van der Waals surface area contributed by atoms with Crippen LogP contribution in [0.1, 0.15) is 39.7 Å². The summed E-state index contributed by atoms with van der Waals surface area (Å²) in [6, 6.07) is 7.86. The van der Waals surface area contributed by atoms with Crippen LogP contribution in [0, 0.1) is 0 Å². The van der Waals surface area contributed by atoms with E-state index in [1.54, 1.807) is 13.8 Å². The molecule has 0 fully saturated rings. The molecule has 1 aromatic rings. The Morgan fingerprint density at radius 3 is 2.60 bits per heavy atom. The zero-order valence-electron chi connectivity index (χ0n) is 12.8. The molecule has 0 aliphatic rings. The smallest absolute Gasteiger partial charge is 0.323 e. The van der Waals surface area contributed by atoms with Crippen molar-refractivity contribution in [2.24, 2.45) is 0 Å². The molecular weight excluding hydrogens is 254 g/mol. The highest BCUT2D eigenvalue weighted by Gasteiger charge is 2.33. The Labute approximate surface area is 121 Å². The lowest BCUT2D eigenvalue weighted by molar-refractivity contribution is -0.149. The van der Waals surface area contributed by atoms with E-state index in [-0.39, 0.29) is 0 Å². The average Bonchev–Trinajstić information content (AvgIpc) is 2.42. The number of carboxylic acids is 1. The summed E-state index contributed by atoms with van der Waals surface area (Å²) in [6.45, 7) is 9.48. The summed E-state index contributed by atoms with van der Waals surface area (Å²) < 4.78 is 5.61. The summed E-state index contributed by atoms with van der Waals surface area (Å²) >= 11 is 0. The van der Waals surface area contributed by atoms with Crippen molar-refractivity contribution in [1.29, 1.82) is 0 Å². The summed E-state index contributed by atoms with van der Waals surface area (Å²) in [5.41, 5.74) is 0.185. The second-order valence-electron chi connectivity index (χ2n) is 5.37. The maximum atomic E-state index is 11.4. The molecule has 1 aromatic carbocycles. The predicted molar refractivity (Wildman–Crippen MR) is 80.0 cm³/mol. The van der Waals surface area contributed by atoms with Gasteiger partial charge in [0.25, 0.3) is 0 Å². The second kappa shape index (κ2) is 7.29. The van der Waals surface area contributed by atoms with Crippen LogP contribution in [0.15, 0.2) is 24.3 Å². The molecule has 0 atom stereocenters. The molecule has 0 saturated heterocycles. The molecule has 0 spiro atoms. The number of ether oxygens (including phenoxy) is 1. The van der Waals surface area contributed by atoms with E-state index in [4.69, 9.17) is 4.74 Å². The van der Waals surface area contributed by atoms with Gasteiger partial charge in [0.1, 0.15) is 11.3 Å². The summed E-state index contributed by atoms with van der Waals surface area (Å²) in [7, 11) is 0. The van der Waals surface area contributed by atoms with E-state index in [0.717, 1.165) is 17.7 Å². The molecule has 0 bridgehead atoms. The van der Waals surface area contributed by atoms with Gasteiger partial charge in [-0.05, 0) is 44.5 Å². The molecule has 0 aromatic heterocycles. The molecule has 0 unspecified atom stereocenters. The zero-order valence-corrected chi connectivity index (χ0v) is 12.8. The molecule has 0 radical (unpaired) electrons. The monoisotopic (exact) mass is 279 g/mol. The number of hydrogen-bond acceptors (Lipinski definition) is 3. The van der Waals surface area contributed by atoms with E-state index in [1.165, 1.54) is 0 Å². The molecule has 1 rings (SSSR count). The number of nitrogens with zero attached hydrogens (tertiary/aromatic N) is 1. The van der Waals surface area contributed by atoms with Gasteiger partial charge in [0.2, 0.25) is 0 Å². The quantitative estimate of drug-likeness (QED) is 0.794. The van der Waals surface area contributed by atoms with Gasteiger partial charge in [0.15, 0.2) is 0 Å². The average molecular weight is 279 g/mol. The second-order valence-corrected chi connectivity index (χ2v) is 5.37. The van der Waals surface area contributed by atoms with Crippen molar-refractivity contribution in [3.63, 3.8) is 0 Å². The van der Waals surface area contributed by atoms with Crippen LogP contribution in [0.3, 0.4) is 0 Å². The number of aliphatic carboxylic acids is 1. The Kier molecular flexibility index (Phi) is 6.02. The van der Waals surface area contributed by atoms with Crippen molar-refractivity contribution >= 4 is 5.97 Å². The highest BCUT2D eigenvalue weighted by atomic mass is 16.5. The van der Waals surface area contributed by atoms with E-state index in [2.05, 4.69) is 6.92 Å². The highest BCUT2D eigenvalue weighted by Crippen LogP contribution is 2.20. The minimum Gasteiger partial charge on any atom is -0.494 e. The molecule has 4 heteroatoms. The van der Waals surface area contributed by atoms with Gasteiger partial charge in [0, 0.05) is 6.54 Å². The van der Waals surface area contributed by atoms with Crippen LogP contribution >= 0.6 is 0 Å². The molecule has 0 aliphatic carbocycles. The fraction of sp³-hybridized carbons (Fsp3) is 0.562. The molecule has 0 saturated carbocycles. The van der Waals surface area contributed by atoms with Crippen LogP contribution in [-0.2, 0) is 11.3 Å². The van der Waals surface area contributed by atoms with Gasteiger partial charge in [-0.2, -0.15) is 0 Å². The van der Waals surface area contributed by atoms with Crippen molar-refractivity contribution in [2.45, 2.75) is 46.2 Å². The maximum Gasteiger partial charge on any atom is 0.323 e. The lowest BCUT2D eigenvalue weighted by atomic mass is 10.0. The van der Waals surface area contributed by atoms with E-state index in [0.29, 0.717) is 19.7 Å². The predicted octanol–water partition coefficient (Wildman–Crippen LogP) is 3.16. The van der Waals surface area contributed by atoms with Crippen LogP contribution in [0.4, 0.5) is 0 Å². The first-order valence-corrected chi connectivity index (χ1v) is 7.12. The Hall–Kier alpha value is -1.55. The van der Waals surface area contributed by atoms with Crippen molar-refractivity contribution < 1.29 is 14.6 Å².